The Hall–Kier alpha value is -2.44. The van der Waals surface area contributed by atoms with Crippen LogP contribution in [0.1, 0.15) is 17.3 Å². The summed E-state index contributed by atoms with van der Waals surface area (Å²) in [6.07, 6.45) is 1.38. The molecule has 3 aromatic rings. The van der Waals surface area contributed by atoms with Crippen LogP contribution in [0.3, 0.4) is 0 Å². The first-order valence-corrected chi connectivity index (χ1v) is 8.99. The number of Topliss-reactive ketones (excluding diaryl/α,β-unsaturated/α-hetero) is 1. The molecule has 1 heterocycles. The smallest absolute Gasteiger partial charge is 0.186 e. The largest absolute Gasteiger partial charge is 0.455 e. The van der Waals surface area contributed by atoms with Gasteiger partial charge in [0.25, 0.3) is 0 Å². The number of nitrogens with zero attached hydrogens (tertiary/aromatic N) is 1. The second-order valence-corrected chi connectivity index (χ2v) is 6.96. The van der Waals surface area contributed by atoms with Crippen molar-refractivity contribution in [3.8, 4) is 11.5 Å². The van der Waals surface area contributed by atoms with Crippen molar-refractivity contribution in [1.29, 1.82) is 0 Å². The van der Waals surface area contributed by atoms with Crippen molar-refractivity contribution in [3.05, 3.63) is 65.1 Å². The van der Waals surface area contributed by atoms with Crippen LogP contribution < -0.4 is 4.74 Å². The van der Waals surface area contributed by atoms with Crippen molar-refractivity contribution in [2.45, 2.75) is 6.92 Å². The molecule has 0 aliphatic rings. The van der Waals surface area contributed by atoms with E-state index < -0.39 is 5.82 Å². The van der Waals surface area contributed by atoms with Crippen LogP contribution in [0.2, 0.25) is 5.02 Å². The fourth-order valence-electron chi connectivity index (χ4n) is 2.39. The van der Waals surface area contributed by atoms with Crippen LogP contribution in [0.15, 0.2) is 48.7 Å². The number of hydrogen-bond donors (Lipinski definition) is 0. The molecular weight excluding hydrogens is 377 g/mol. The lowest BCUT2D eigenvalue weighted by atomic mass is 10.1. The van der Waals surface area contributed by atoms with Crippen molar-refractivity contribution in [2.24, 2.45) is 0 Å². The lowest BCUT2D eigenvalue weighted by Gasteiger charge is -2.12. The third kappa shape index (κ3) is 4.03. The zero-order valence-corrected chi connectivity index (χ0v) is 15.2. The van der Waals surface area contributed by atoms with E-state index in [0.29, 0.717) is 11.1 Å². The van der Waals surface area contributed by atoms with Crippen molar-refractivity contribution >= 4 is 45.2 Å². The van der Waals surface area contributed by atoms with Gasteiger partial charge in [0.1, 0.15) is 22.8 Å². The van der Waals surface area contributed by atoms with E-state index in [1.165, 1.54) is 19.2 Å². The van der Waals surface area contributed by atoms with E-state index in [-0.39, 0.29) is 38.5 Å². The van der Waals surface area contributed by atoms with Crippen molar-refractivity contribution in [2.75, 3.05) is 5.75 Å². The first kappa shape index (κ1) is 18.4. The van der Waals surface area contributed by atoms with E-state index in [4.69, 9.17) is 16.3 Å². The highest BCUT2D eigenvalue weighted by Crippen LogP contribution is 2.32. The van der Waals surface area contributed by atoms with Crippen LogP contribution in [0, 0.1) is 5.82 Å². The molecule has 0 amide bonds. The maximum absolute atomic E-state index is 13.7. The van der Waals surface area contributed by atoms with Crippen LogP contribution in [0.5, 0.6) is 11.5 Å². The van der Waals surface area contributed by atoms with Gasteiger partial charge in [-0.05, 0) is 24.3 Å². The molecule has 0 saturated carbocycles. The van der Waals surface area contributed by atoms with Crippen LogP contribution >= 0.6 is 23.4 Å². The van der Waals surface area contributed by atoms with E-state index in [9.17, 15) is 14.0 Å². The fraction of sp³-hybridized carbons (Fsp3) is 0.105. The summed E-state index contributed by atoms with van der Waals surface area (Å²) in [6.45, 7) is 1.39. The summed E-state index contributed by atoms with van der Waals surface area (Å²) in [4.78, 5) is 27.6. The Labute approximate surface area is 158 Å². The molecule has 0 bridgehead atoms. The Balaban J connectivity index is 1.94. The lowest BCUT2D eigenvalue weighted by Crippen LogP contribution is -2.07. The topological polar surface area (TPSA) is 56.3 Å². The van der Waals surface area contributed by atoms with Gasteiger partial charge >= 0.3 is 0 Å². The van der Waals surface area contributed by atoms with Crippen molar-refractivity contribution in [1.82, 2.24) is 4.98 Å². The predicted octanol–water partition coefficient (Wildman–Crippen LogP) is 5.28. The fourth-order valence-corrected chi connectivity index (χ4v) is 3.14. The van der Waals surface area contributed by atoms with Crippen LogP contribution in [0.4, 0.5) is 4.39 Å². The number of fused-ring (bicyclic) bond motifs is 1. The molecule has 0 atom stereocenters. The Bertz CT molecular complexity index is 1010. The Morgan fingerprint density at radius 1 is 1.23 bits per heavy atom. The van der Waals surface area contributed by atoms with Crippen molar-refractivity contribution < 1.29 is 18.7 Å². The molecule has 2 aromatic carbocycles. The maximum Gasteiger partial charge on any atom is 0.186 e. The maximum atomic E-state index is 13.7. The molecule has 0 saturated heterocycles. The molecule has 0 radical (unpaired) electrons. The van der Waals surface area contributed by atoms with Gasteiger partial charge in [-0.25, -0.2) is 9.37 Å². The van der Waals surface area contributed by atoms with Gasteiger partial charge < -0.3 is 4.74 Å². The third-order valence-electron chi connectivity index (χ3n) is 3.53. The van der Waals surface area contributed by atoms with E-state index in [2.05, 4.69) is 4.98 Å². The summed E-state index contributed by atoms with van der Waals surface area (Å²) in [6, 6.07) is 11.1. The number of thioether (sulfide) groups is 1. The molecule has 0 aliphatic carbocycles. The van der Waals surface area contributed by atoms with Crippen LogP contribution in [0.25, 0.3) is 10.9 Å². The van der Waals surface area contributed by atoms with E-state index in [1.807, 2.05) is 0 Å². The first-order valence-electron chi connectivity index (χ1n) is 7.63. The Kier molecular flexibility index (Phi) is 5.54. The van der Waals surface area contributed by atoms with E-state index in [1.54, 1.807) is 36.4 Å². The zero-order valence-electron chi connectivity index (χ0n) is 13.7. The van der Waals surface area contributed by atoms with Gasteiger partial charge in [-0.15, -0.1) is 0 Å². The molecule has 1 aromatic heterocycles. The Morgan fingerprint density at radius 3 is 2.77 bits per heavy atom. The normalized spacial score (nSPS) is 10.7. The molecule has 3 rings (SSSR count). The molecule has 0 N–H and O–H groups in total. The summed E-state index contributed by atoms with van der Waals surface area (Å²) in [5.74, 6) is -0.168. The minimum atomic E-state index is -0.422. The first-order chi connectivity index (χ1) is 12.5. The van der Waals surface area contributed by atoms with Crippen LogP contribution in [-0.2, 0) is 4.79 Å². The van der Waals surface area contributed by atoms with Gasteiger partial charge in [-0.2, -0.15) is 0 Å². The second kappa shape index (κ2) is 7.85. The van der Waals surface area contributed by atoms with Gasteiger partial charge in [-0.1, -0.05) is 41.6 Å². The highest BCUT2D eigenvalue weighted by atomic mass is 35.5. The Morgan fingerprint density at radius 2 is 2.00 bits per heavy atom. The summed E-state index contributed by atoms with van der Waals surface area (Å²) >= 11 is 7.07. The molecule has 0 unspecified atom stereocenters. The predicted molar refractivity (Wildman–Crippen MR) is 101 cm³/mol. The minimum absolute atomic E-state index is 0.0311. The lowest BCUT2D eigenvalue weighted by molar-refractivity contribution is -0.109. The quantitative estimate of drug-likeness (QED) is 0.555. The number of carbonyl (C=O) groups excluding carboxylic acids is 2. The zero-order chi connectivity index (χ0) is 18.7. The molecule has 0 aliphatic heterocycles. The number of ether oxygens (including phenoxy) is 1. The average molecular weight is 390 g/mol. The second-order valence-electron chi connectivity index (χ2n) is 5.40. The summed E-state index contributed by atoms with van der Waals surface area (Å²) in [5, 5.41) is 0.648. The number of aromatic nitrogens is 1. The van der Waals surface area contributed by atoms with Gasteiger partial charge in [-0.3, -0.25) is 9.59 Å². The number of para-hydroxylation sites is 1. The van der Waals surface area contributed by atoms with Gasteiger partial charge in [0.05, 0.1) is 22.5 Å². The van der Waals surface area contributed by atoms with E-state index in [0.717, 1.165) is 11.8 Å². The summed E-state index contributed by atoms with van der Waals surface area (Å²) in [5.41, 5.74) is 0.433. The number of halogens is 2. The highest BCUT2D eigenvalue weighted by molar-refractivity contribution is 8.14. The van der Waals surface area contributed by atoms with Crippen LogP contribution in [-0.4, -0.2) is 21.6 Å². The highest BCUT2D eigenvalue weighted by Gasteiger charge is 2.18. The minimum Gasteiger partial charge on any atom is -0.455 e. The monoisotopic (exact) mass is 389 g/mol. The number of pyridine rings is 1. The molecule has 0 spiro atoms. The summed E-state index contributed by atoms with van der Waals surface area (Å²) in [7, 11) is 0. The SMILES string of the molecule is CC(=O)SCC(=O)c1c(Cl)cccc1Oc1cnc2c(F)cccc2c1. The van der Waals surface area contributed by atoms with E-state index >= 15 is 0 Å². The number of rotatable bonds is 5. The van der Waals surface area contributed by atoms with Gasteiger partial charge in [0.2, 0.25) is 0 Å². The standard InChI is InChI=1S/C19H13ClFNO3S/c1-11(23)26-10-16(24)18-14(20)5-3-7-17(18)25-13-8-12-4-2-6-15(21)19(12)22-9-13/h2-9H,10H2,1H3. The van der Waals surface area contributed by atoms with Gasteiger partial charge in [0.15, 0.2) is 10.9 Å². The molecular formula is C19H13ClFNO3S. The molecule has 4 nitrogen and oxygen atoms in total. The number of hydrogen-bond acceptors (Lipinski definition) is 5. The number of ketones is 1. The third-order valence-corrected chi connectivity index (χ3v) is 4.65. The molecule has 7 heteroatoms. The number of benzene rings is 2. The summed E-state index contributed by atoms with van der Waals surface area (Å²) < 4.78 is 19.5. The molecule has 26 heavy (non-hydrogen) atoms. The molecule has 132 valence electrons. The van der Waals surface area contributed by atoms with Crippen molar-refractivity contribution in [3.63, 3.8) is 0 Å². The number of carbonyl (C=O) groups is 2. The average Bonchev–Trinajstić information content (AvgIpc) is 2.60. The van der Waals surface area contributed by atoms with Gasteiger partial charge in [0, 0.05) is 12.3 Å². The molecule has 0 fully saturated rings.